The Morgan fingerprint density at radius 2 is 0.868 bits per heavy atom. The minimum atomic E-state index is 0.685. The van der Waals surface area contributed by atoms with E-state index in [-0.39, 0.29) is 0 Å². The Kier molecular flexibility index (Phi) is 9.66. The summed E-state index contributed by atoms with van der Waals surface area (Å²) in [4.78, 5) is 17.1. The summed E-state index contributed by atoms with van der Waals surface area (Å²) < 4.78 is 3.54. The summed E-state index contributed by atoms with van der Waals surface area (Å²) in [5, 5.41) is 4.83. The number of hydrogen-bond acceptors (Lipinski definition) is 4. The van der Waals surface area contributed by atoms with E-state index in [9.17, 15) is 0 Å². The second-order valence-corrected chi connectivity index (χ2v) is 18.1. The minimum absolute atomic E-state index is 0.685. The molecule has 0 fully saturated rings. The number of hydrogen-bond donors (Lipinski definition) is 0. The number of thiophene rings is 1. The Balaban J connectivity index is 0.938. The molecule has 4 aromatic heterocycles. The van der Waals surface area contributed by atoms with Gasteiger partial charge in [0.15, 0.2) is 5.82 Å². The zero-order valence-electron chi connectivity index (χ0n) is 36.8. The molecule has 318 valence electrons. The largest absolute Gasteiger partial charge is 0.309 e. The maximum absolute atomic E-state index is 5.41. The molecule has 0 amide bonds. The van der Waals surface area contributed by atoms with Crippen molar-refractivity contribution >= 4 is 54.1 Å². The van der Waals surface area contributed by atoms with Gasteiger partial charge in [-0.15, -0.1) is 11.3 Å². The van der Waals surface area contributed by atoms with Gasteiger partial charge < -0.3 is 4.57 Å². The predicted octanol–water partition coefficient (Wildman–Crippen LogP) is 17.0. The van der Waals surface area contributed by atoms with Gasteiger partial charge in [-0.05, 0) is 64.7 Å². The molecular weight excluding hydrogens is 845 g/mol. The van der Waals surface area contributed by atoms with Crippen LogP contribution in [0.2, 0.25) is 0 Å². The van der Waals surface area contributed by atoms with E-state index in [0.29, 0.717) is 5.82 Å². The van der Waals surface area contributed by atoms with E-state index in [0.717, 1.165) is 67.1 Å². The molecule has 0 unspecified atom stereocenters. The summed E-state index contributed by atoms with van der Waals surface area (Å²) in [6.07, 6.45) is 0. The molecule has 0 spiro atoms. The lowest BCUT2D eigenvalue weighted by Gasteiger charge is -2.13. The SMILES string of the molecule is c1ccc(-c2nc(-c3ccc(-c4ccc5nc(-c6ccccc6)c6sc(-c7ccccc7)c(-c7ccccc7)c6c5c4)cc3)cc(-c3cccc(-n4c5ccccc5c5ccccc54)c3)n2)cc1. The van der Waals surface area contributed by atoms with E-state index in [1.54, 1.807) is 0 Å². The maximum Gasteiger partial charge on any atom is 0.160 e. The summed E-state index contributed by atoms with van der Waals surface area (Å²) in [6, 6.07) is 86.1. The van der Waals surface area contributed by atoms with Crippen molar-refractivity contribution in [1.29, 1.82) is 0 Å². The van der Waals surface area contributed by atoms with Gasteiger partial charge in [0.25, 0.3) is 0 Å². The second kappa shape index (κ2) is 16.6. The number of nitrogens with zero attached hydrogens (tertiary/aromatic N) is 4. The highest BCUT2D eigenvalue weighted by Gasteiger charge is 2.23. The monoisotopic (exact) mass is 884 g/mol. The molecule has 0 aliphatic carbocycles. The van der Waals surface area contributed by atoms with Crippen molar-refractivity contribution in [3.63, 3.8) is 0 Å². The van der Waals surface area contributed by atoms with E-state index in [2.05, 4.69) is 229 Å². The highest BCUT2D eigenvalue weighted by Crippen LogP contribution is 2.50. The first-order valence-electron chi connectivity index (χ1n) is 22.9. The van der Waals surface area contributed by atoms with Gasteiger partial charge in [0.1, 0.15) is 0 Å². The molecule has 13 rings (SSSR count). The molecule has 0 aliphatic heterocycles. The molecule has 0 saturated heterocycles. The fraction of sp³-hybridized carbons (Fsp3) is 0. The summed E-state index contributed by atoms with van der Waals surface area (Å²) in [5.41, 5.74) is 17.1. The van der Waals surface area contributed by atoms with Gasteiger partial charge in [-0.25, -0.2) is 15.0 Å². The minimum Gasteiger partial charge on any atom is -0.309 e. The van der Waals surface area contributed by atoms with Crippen LogP contribution in [0, 0.1) is 0 Å². The van der Waals surface area contributed by atoms with E-state index < -0.39 is 0 Å². The predicted molar refractivity (Wildman–Crippen MR) is 285 cm³/mol. The van der Waals surface area contributed by atoms with E-state index >= 15 is 0 Å². The molecule has 4 heterocycles. The zero-order chi connectivity index (χ0) is 45.0. The van der Waals surface area contributed by atoms with E-state index in [4.69, 9.17) is 15.0 Å². The van der Waals surface area contributed by atoms with Crippen LogP contribution in [0.15, 0.2) is 243 Å². The van der Waals surface area contributed by atoms with Crippen LogP contribution in [0.25, 0.3) is 126 Å². The molecule has 68 heavy (non-hydrogen) atoms. The molecule has 0 aliphatic rings. The smallest absolute Gasteiger partial charge is 0.160 e. The Bertz CT molecular complexity index is 3940. The van der Waals surface area contributed by atoms with E-state index in [1.807, 2.05) is 29.5 Å². The standard InChI is InChI=1S/C63H40N4S/c1-5-18-43(19-6-1)58-59-52-39-47(36-37-53(52)64-60(44-20-7-2-8-21-44)62(59)68-61(58)45-22-9-3-10-23-45)41-32-34-42(35-33-41)54-40-55(66-63(65-54)46-24-11-4-12-25-46)48-26-17-27-49(38-48)67-56-30-15-13-28-50(56)51-29-14-16-31-57(51)67/h1-40H. The average molecular weight is 885 g/mol. The molecule has 5 heteroatoms. The lowest BCUT2D eigenvalue weighted by Crippen LogP contribution is -1.98. The van der Waals surface area contributed by atoms with Gasteiger partial charge >= 0.3 is 0 Å². The number of benzene rings is 9. The van der Waals surface area contributed by atoms with Gasteiger partial charge in [0.05, 0.1) is 38.3 Å². The van der Waals surface area contributed by atoms with Crippen LogP contribution in [-0.4, -0.2) is 19.5 Å². The summed E-state index contributed by atoms with van der Waals surface area (Å²) >= 11 is 1.83. The molecule has 0 bridgehead atoms. The van der Waals surface area contributed by atoms with Crippen LogP contribution in [0.1, 0.15) is 0 Å². The Hall–Kier alpha value is -8.77. The third-order valence-electron chi connectivity index (χ3n) is 13.0. The lowest BCUT2D eigenvalue weighted by atomic mass is 9.94. The van der Waals surface area contributed by atoms with Gasteiger partial charge in [-0.2, -0.15) is 0 Å². The van der Waals surface area contributed by atoms with Crippen molar-refractivity contribution in [3.8, 4) is 83.5 Å². The molecule has 0 N–H and O–H groups in total. The number of rotatable bonds is 8. The first-order chi connectivity index (χ1) is 33.7. The molecule has 0 saturated carbocycles. The molecule has 9 aromatic carbocycles. The number of pyridine rings is 1. The van der Waals surface area contributed by atoms with Crippen LogP contribution in [-0.2, 0) is 0 Å². The lowest BCUT2D eigenvalue weighted by molar-refractivity contribution is 1.16. The molecule has 13 aromatic rings. The Labute approximate surface area is 397 Å². The zero-order valence-corrected chi connectivity index (χ0v) is 37.6. The Morgan fingerprint density at radius 1 is 0.338 bits per heavy atom. The van der Waals surface area contributed by atoms with Crippen LogP contribution in [0.5, 0.6) is 0 Å². The van der Waals surface area contributed by atoms with Crippen LogP contribution in [0.4, 0.5) is 0 Å². The fourth-order valence-corrected chi connectivity index (χ4v) is 11.2. The number of fused-ring (bicyclic) bond motifs is 6. The number of para-hydroxylation sites is 2. The van der Waals surface area contributed by atoms with Crippen molar-refractivity contribution in [1.82, 2.24) is 19.5 Å². The van der Waals surface area contributed by atoms with E-state index in [1.165, 1.54) is 53.5 Å². The molecular formula is C63H40N4S. The van der Waals surface area contributed by atoms with Gasteiger partial charge in [-0.3, -0.25) is 0 Å². The topological polar surface area (TPSA) is 43.6 Å². The average Bonchev–Trinajstić information content (AvgIpc) is 3.99. The highest BCUT2D eigenvalue weighted by molar-refractivity contribution is 7.23. The summed E-state index contributed by atoms with van der Waals surface area (Å²) in [7, 11) is 0. The van der Waals surface area contributed by atoms with Crippen LogP contribution < -0.4 is 0 Å². The highest BCUT2D eigenvalue weighted by atomic mass is 32.1. The van der Waals surface area contributed by atoms with Crippen molar-refractivity contribution in [3.05, 3.63) is 243 Å². The first-order valence-corrected chi connectivity index (χ1v) is 23.7. The normalized spacial score (nSPS) is 11.5. The third kappa shape index (κ3) is 6.88. The number of aromatic nitrogens is 4. The Morgan fingerprint density at radius 3 is 1.53 bits per heavy atom. The maximum atomic E-state index is 5.41. The van der Waals surface area contributed by atoms with Crippen molar-refractivity contribution in [2.75, 3.05) is 0 Å². The van der Waals surface area contributed by atoms with Gasteiger partial charge in [0, 0.05) is 59.9 Å². The quantitative estimate of drug-likeness (QED) is 0.153. The fourth-order valence-electron chi connectivity index (χ4n) is 9.80. The third-order valence-corrected chi connectivity index (χ3v) is 14.3. The molecule has 0 radical (unpaired) electrons. The summed E-state index contributed by atoms with van der Waals surface area (Å²) in [6.45, 7) is 0. The van der Waals surface area contributed by atoms with Crippen molar-refractivity contribution < 1.29 is 0 Å². The molecule has 0 atom stereocenters. The van der Waals surface area contributed by atoms with Gasteiger partial charge in [-0.1, -0.05) is 200 Å². The second-order valence-electron chi connectivity index (χ2n) is 17.1. The van der Waals surface area contributed by atoms with Crippen molar-refractivity contribution in [2.45, 2.75) is 0 Å². The first kappa shape index (κ1) is 39.6. The van der Waals surface area contributed by atoms with Gasteiger partial charge in [0.2, 0.25) is 0 Å². The van der Waals surface area contributed by atoms with Crippen LogP contribution in [0.3, 0.4) is 0 Å². The molecule has 4 nitrogen and oxygen atoms in total. The van der Waals surface area contributed by atoms with Crippen molar-refractivity contribution in [2.24, 2.45) is 0 Å². The van der Waals surface area contributed by atoms with Crippen LogP contribution >= 0.6 is 11.3 Å². The summed E-state index contributed by atoms with van der Waals surface area (Å²) in [5.74, 6) is 0.685.